The van der Waals surface area contributed by atoms with Crippen LogP contribution in [0.2, 0.25) is 0 Å². The summed E-state index contributed by atoms with van der Waals surface area (Å²) >= 11 is 0. The predicted molar refractivity (Wildman–Crippen MR) is 75.8 cm³/mol. The second-order valence-corrected chi connectivity index (χ2v) is 6.25. The van der Waals surface area contributed by atoms with Crippen molar-refractivity contribution in [3.8, 4) is 0 Å². The smallest absolute Gasteiger partial charge is 0.0611 e. The van der Waals surface area contributed by atoms with Gasteiger partial charge in [-0.25, -0.2) is 0 Å². The Labute approximate surface area is 112 Å². The van der Waals surface area contributed by atoms with Crippen LogP contribution in [0.4, 0.5) is 0 Å². The summed E-state index contributed by atoms with van der Waals surface area (Å²) in [5.41, 5.74) is -0.209. The zero-order valence-electron chi connectivity index (χ0n) is 12.4. The second-order valence-electron chi connectivity index (χ2n) is 6.25. The van der Waals surface area contributed by atoms with Crippen LogP contribution >= 0.6 is 0 Å². The molecular weight excluding hydrogens is 226 g/mol. The summed E-state index contributed by atoms with van der Waals surface area (Å²) in [5, 5.41) is 12.9. The molecule has 3 heteroatoms. The lowest BCUT2D eigenvalue weighted by Crippen LogP contribution is -2.49. The Morgan fingerprint density at radius 2 is 1.83 bits per heavy atom. The van der Waals surface area contributed by atoms with Gasteiger partial charge >= 0.3 is 0 Å². The average molecular weight is 257 g/mol. The molecule has 1 aliphatic rings. The van der Waals surface area contributed by atoms with Crippen molar-refractivity contribution < 1.29 is 9.84 Å². The molecule has 0 saturated heterocycles. The monoisotopic (exact) mass is 257 g/mol. The molecule has 0 heterocycles. The van der Waals surface area contributed by atoms with E-state index in [1.54, 1.807) is 0 Å². The second kappa shape index (κ2) is 8.13. The quantitative estimate of drug-likeness (QED) is 0.689. The van der Waals surface area contributed by atoms with E-state index in [2.05, 4.69) is 26.1 Å². The van der Waals surface area contributed by atoms with Crippen LogP contribution in [0.25, 0.3) is 0 Å². The van der Waals surface area contributed by atoms with E-state index < -0.39 is 0 Å². The van der Waals surface area contributed by atoms with E-state index in [1.165, 1.54) is 38.5 Å². The van der Waals surface area contributed by atoms with Crippen LogP contribution in [0.5, 0.6) is 0 Å². The molecule has 0 aromatic carbocycles. The molecule has 0 amide bonds. The first-order chi connectivity index (χ1) is 8.56. The Kier molecular flexibility index (Phi) is 7.20. The SMILES string of the molecule is CC(C)NC(C)(CO)CCOC1CCCCCC1. The summed E-state index contributed by atoms with van der Waals surface area (Å²) in [6.07, 6.45) is 9.11. The highest BCUT2D eigenvalue weighted by Gasteiger charge is 2.24. The van der Waals surface area contributed by atoms with Crippen molar-refractivity contribution in [3.63, 3.8) is 0 Å². The minimum atomic E-state index is -0.209. The molecule has 1 unspecified atom stereocenters. The first-order valence-electron chi connectivity index (χ1n) is 7.56. The van der Waals surface area contributed by atoms with Crippen molar-refractivity contribution in [2.75, 3.05) is 13.2 Å². The molecule has 0 aromatic rings. The van der Waals surface area contributed by atoms with Crippen LogP contribution in [0.1, 0.15) is 65.7 Å². The Morgan fingerprint density at radius 1 is 1.22 bits per heavy atom. The zero-order chi connectivity index (χ0) is 13.4. The van der Waals surface area contributed by atoms with Gasteiger partial charge in [-0.15, -0.1) is 0 Å². The third-order valence-electron chi connectivity index (χ3n) is 3.80. The van der Waals surface area contributed by atoms with Crippen molar-refractivity contribution in [2.24, 2.45) is 0 Å². The summed E-state index contributed by atoms with van der Waals surface area (Å²) in [4.78, 5) is 0. The highest BCUT2D eigenvalue weighted by molar-refractivity contribution is 4.83. The lowest BCUT2D eigenvalue weighted by molar-refractivity contribution is 0.0218. The van der Waals surface area contributed by atoms with Crippen LogP contribution in [0.15, 0.2) is 0 Å². The fourth-order valence-electron chi connectivity index (χ4n) is 2.75. The van der Waals surface area contributed by atoms with Gasteiger partial charge in [-0.05, 0) is 26.2 Å². The maximum Gasteiger partial charge on any atom is 0.0611 e. The summed E-state index contributed by atoms with van der Waals surface area (Å²) in [5.74, 6) is 0. The number of rotatable bonds is 7. The van der Waals surface area contributed by atoms with Crippen LogP contribution < -0.4 is 5.32 Å². The van der Waals surface area contributed by atoms with E-state index in [0.29, 0.717) is 12.1 Å². The number of aliphatic hydroxyl groups excluding tert-OH is 1. The van der Waals surface area contributed by atoms with Crippen molar-refractivity contribution in [1.82, 2.24) is 5.32 Å². The maximum absolute atomic E-state index is 9.50. The van der Waals surface area contributed by atoms with Crippen molar-refractivity contribution in [3.05, 3.63) is 0 Å². The number of hydrogen-bond acceptors (Lipinski definition) is 3. The van der Waals surface area contributed by atoms with E-state index in [-0.39, 0.29) is 12.1 Å². The van der Waals surface area contributed by atoms with Gasteiger partial charge in [-0.2, -0.15) is 0 Å². The van der Waals surface area contributed by atoms with Crippen molar-refractivity contribution in [1.29, 1.82) is 0 Å². The standard InChI is InChI=1S/C15H31NO2/c1-13(2)16-15(3,12-17)10-11-18-14-8-6-4-5-7-9-14/h13-14,16-17H,4-12H2,1-3H3. The van der Waals surface area contributed by atoms with E-state index in [0.717, 1.165) is 13.0 Å². The topological polar surface area (TPSA) is 41.5 Å². The van der Waals surface area contributed by atoms with Gasteiger partial charge in [0.15, 0.2) is 0 Å². The van der Waals surface area contributed by atoms with Crippen LogP contribution in [0, 0.1) is 0 Å². The molecule has 0 radical (unpaired) electrons. The predicted octanol–water partition coefficient (Wildman–Crippen LogP) is 2.86. The molecule has 1 saturated carbocycles. The minimum absolute atomic E-state index is 0.166. The molecule has 108 valence electrons. The lowest BCUT2D eigenvalue weighted by atomic mass is 9.98. The number of ether oxygens (including phenoxy) is 1. The Bertz CT molecular complexity index is 213. The van der Waals surface area contributed by atoms with E-state index in [4.69, 9.17) is 4.74 Å². The highest BCUT2D eigenvalue weighted by Crippen LogP contribution is 2.20. The molecule has 3 nitrogen and oxygen atoms in total. The molecule has 1 rings (SSSR count). The molecule has 0 spiro atoms. The summed E-state index contributed by atoms with van der Waals surface area (Å²) in [6.45, 7) is 7.21. The summed E-state index contributed by atoms with van der Waals surface area (Å²) in [7, 11) is 0. The normalized spacial score (nSPS) is 21.8. The molecular formula is C15H31NO2. The molecule has 0 aromatic heterocycles. The van der Waals surface area contributed by atoms with Crippen molar-refractivity contribution >= 4 is 0 Å². The molecule has 2 N–H and O–H groups in total. The summed E-state index contributed by atoms with van der Waals surface area (Å²) in [6, 6.07) is 0.389. The third kappa shape index (κ3) is 6.17. The van der Waals surface area contributed by atoms with Gasteiger partial charge in [-0.1, -0.05) is 39.5 Å². The molecule has 1 aliphatic carbocycles. The van der Waals surface area contributed by atoms with E-state index >= 15 is 0 Å². The first kappa shape index (κ1) is 15.9. The molecule has 1 atom stereocenters. The molecule has 0 aliphatic heterocycles. The Hall–Kier alpha value is -0.120. The molecule has 18 heavy (non-hydrogen) atoms. The largest absolute Gasteiger partial charge is 0.394 e. The molecule has 1 fully saturated rings. The zero-order valence-corrected chi connectivity index (χ0v) is 12.4. The van der Waals surface area contributed by atoms with Crippen LogP contribution in [0.3, 0.4) is 0 Å². The van der Waals surface area contributed by atoms with Gasteiger partial charge in [0, 0.05) is 18.2 Å². The highest BCUT2D eigenvalue weighted by atomic mass is 16.5. The third-order valence-corrected chi connectivity index (χ3v) is 3.80. The van der Waals surface area contributed by atoms with Crippen LogP contribution in [-0.2, 0) is 4.74 Å². The fourth-order valence-corrected chi connectivity index (χ4v) is 2.75. The number of hydrogen-bond donors (Lipinski definition) is 2. The minimum Gasteiger partial charge on any atom is -0.394 e. The van der Waals surface area contributed by atoms with Crippen LogP contribution in [-0.4, -0.2) is 36.0 Å². The van der Waals surface area contributed by atoms with Gasteiger partial charge < -0.3 is 15.2 Å². The first-order valence-corrected chi connectivity index (χ1v) is 7.56. The number of nitrogens with one attached hydrogen (secondary N) is 1. The lowest BCUT2D eigenvalue weighted by Gasteiger charge is -2.31. The van der Waals surface area contributed by atoms with Gasteiger partial charge in [0.25, 0.3) is 0 Å². The fraction of sp³-hybridized carbons (Fsp3) is 1.00. The molecule has 0 bridgehead atoms. The summed E-state index contributed by atoms with van der Waals surface area (Å²) < 4.78 is 5.99. The number of aliphatic hydroxyl groups is 1. The maximum atomic E-state index is 9.50. The van der Waals surface area contributed by atoms with Gasteiger partial charge in [-0.3, -0.25) is 0 Å². The van der Waals surface area contributed by atoms with E-state index in [9.17, 15) is 5.11 Å². The van der Waals surface area contributed by atoms with Gasteiger partial charge in [0.2, 0.25) is 0 Å². The van der Waals surface area contributed by atoms with Gasteiger partial charge in [0.05, 0.1) is 12.7 Å². The van der Waals surface area contributed by atoms with Crippen molar-refractivity contribution in [2.45, 2.75) is 83.4 Å². The average Bonchev–Trinajstić information content (AvgIpc) is 2.57. The van der Waals surface area contributed by atoms with Gasteiger partial charge in [0.1, 0.15) is 0 Å². The van der Waals surface area contributed by atoms with E-state index in [1.807, 2.05) is 0 Å². The Balaban J connectivity index is 2.25. The Morgan fingerprint density at radius 3 is 2.33 bits per heavy atom.